The van der Waals surface area contributed by atoms with E-state index in [9.17, 15) is 0 Å². The van der Waals surface area contributed by atoms with Gasteiger partial charge in [0.05, 0.1) is 16.7 Å². The predicted molar refractivity (Wildman–Crippen MR) is 221 cm³/mol. The predicted octanol–water partition coefficient (Wildman–Crippen LogP) is 13.9. The smallest absolute Gasteiger partial charge is 0.0561 e. The lowest BCUT2D eigenvalue weighted by Gasteiger charge is -2.28. The Morgan fingerprint density at radius 3 is 1.79 bits per heavy atom. The van der Waals surface area contributed by atoms with Crippen LogP contribution in [0.2, 0.25) is 0 Å². The number of aromatic nitrogens is 1. The molecular weight excluding hydrogens is 629 g/mol. The van der Waals surface area contributed by atoms with Crippen LogP contribution in [-0.2, 0) is 0 Å². The Hall–Kier alpha value is -6.90. The zero-order valence-electron chi connectivity index (χ0n) is 28.5. The molecule has 244 valence electrons. The lowest BCUT2D eigenvalue weighted by molar-refractivity contribution is 1.18. The molecule has 0 amide bonds. The molecule has 0 saturated carbocycles. The fourth-order valence-electron chi connectivity index (χ4n) is 8.02. The van der Waals surface area contributed by atoms with Crippen LogP contribution in [0.15, 0.2) is 206 Å². The van der Waals surface area contributed by atoms with Crippen molar-refractivity contribution >= 4 is 60.4 Å². The molecule has 0 atom stereocenters. The number of fused-ring (bicyclic) bond motifs is 6. The van der Waals surface area contributed by atoms with E-state index in [1.54, 1.807) is 0 Å². The minimum absolute atomic E-state index is 1.09. The van der Waals surface area contributed by atoms with E-state index in [1.807, 2.05) is 0 Å². The third kappa shape index (κ3) is 4.96. The van der Waals surface area contributed by atoms with Crippen LogP contribution in [0.5, 0.6) is 0 Å². The summed E-state index contributed by atoms with van der Waals surface area (Å²) in [4.78, 5) is 2.43. The Kier molecular flexibility index (Phi) is 7.18. The second kappa shape index (κ2) is 12.5. The summed E-state index contributed by atoms with van der Waals surface area (Å²) in [5, 5.41) is 7.52. The Bertz CT molecular complexity index is 2900. The number of anilines is 3. The van der Waals surface area contributed by atoms with Gasteiger partial charge < -0.3 is 9.47 Å². The standard InChI is InChI=1S/C50H34N2/c1-3-16-35(17-4-1)42-24-11-13-28-48(42)51(40-30-31-46-45-27-12-14-29-49(45)52(50(46)34-40)38-20-5-2-6-21-38)39-22-15-19-36(32-39)47-33-37-18-7-8-23-41(37)43-25-9-10-26-44(43)47/h1-34H. The van der Waals surface area contributed by atoms with Crippen LogP contribution in [0.1, 0.15) is 0 Å². The molecule has 52 heavy (non-hydrogen) atoms. The minimum Gasteiger partial charge on any atom is -0.310 e. The second-order valence-corrected chi connectivity index (χ2v) is 13.3. The molecule has 0 fully saturated rings. The molecule has 2 heteroatoms. The molecule has 0 saturated heterocycles. The van der Waals surface area contributed by atoms with E-state index in [-0.39, 0.29) is 0 Å². The van der Waals surface area contributed by atoms with E-state index in [1.165, 1.54) is 65.6 Å². The SMILES string of the molecule is c1ccc(-c2ccccc2N(c2cccc(-c3cc4ccccc4c4ccccc34)c2)c2ccc3c4ccccc4n(-c4ccccc4)c3c2)cc1. The number of hydrogen-bond donors (Lipinski definition) is 0. The normalized spacial score (nSPS) is 11.5. The van der Waals surface area contributed by atoms with Gasteiger partial charge in [0.2, 0.25) is 0 Å². The second-order valence-electron chi connectivity index (χ2n) is 13.3. The average Bonchev–Trinajstić information content (AvgIpc) is 3.55. The summed E-state index contributed by atoms with van der Waals surface area (Å²) >= 11 is 0. The molecule has 0 radical (unpaired) electrons. The van der Waals surface area contributed by atoms with Gasteiger partial charge in [-0.2, -0.15) is 0 Å². The molecular formula is C50H34N2. The van der Waals surface area contributed by atoms with Gasteiger partial charge in [0.15, 0.2) is 0 Å². The highest BCUT2D eigenvalue weighted by Crippen LogP contribution is 2.45. The molecule has 9 aromatic carbocycles. The molecule has 0 unspecified atom stereocenters. The quantitative estimate of drug-likeness (QED) is 0.161. The molecule has 0 spiro atoms. The monoisotopic (exact) mass is 662 g/mol. The number of nitrogens with zero attached hydrogens (tertiary/aromatic N) is 2. The highest BCUT2D eigenvalue weighted by Gasteiger charge is 2.21. The van der Waals surface area contributed by atoms with Gasteiger partial charge in [-0.25, -0.2) is 0 Å². The number of rotatable bonds is 6. The van der Waals surface area contributed by atoms with Gasteiger partial charge in [-0.15, -0.1) is 0 Å². The Morgan fingerprint density at radius 2 is 0.942 bits per heavy atom. The Morgan fingerprint density at radius 1 is 0.327 bits per heavy atom. The Labute approximate surface area is 303 Å². The van der Waals surface area contributed by atoms with Gasteiger partial charge in [-0.1, -0.05) is 152 Å². The maximum atomic E-state index is 2.43. The molecule has 10 rings (SSSR count). The van der Waals surface area contributed by atoms with Crippen LogP contribution in [0.25, 0.3) is 71.3 Å². The molecule has 0 N–H and O–H groups in total. The minimum atomic E-state index is 1.09. The van der Waals surface area contributed by atoms with Gasteiger partial charge in [-0.05, 0) is 92.8 Å². The van der Waals surface area contributed by atoms with E-state index in [4.69, 9.17) is 0 Å². The fourth-order valence-corrected chi connectivity index (χ4v) is 8.02. The largest absolute Gasteiger partial charge is 0.310 e. The highest BCUT2D eigenvalue weighted by molar-refractivity contribution is 6.14. The first-order valence-corrected chi connectivity index (χ1v) is 17.9. The van der Waals surface area contributed by atoms with Gasteiger partial charge >= 0.3 is 0 Å². The molecule has 2 nitrogen and oxygen atoms in total. The van der Waals surface area contributed by atoms with Gasteiger partial charge in [0.25, 0.3) is 0 Å². The maximum Gasteiger partial charge on any atom is 0.0561 e. The van der Waals surface area contributed by atoms with E-state index in [2.05, 4.69) is 216 Å². The first-order valence-electron chi connectivity index (χ1n) is 17.9. The summed E-state index contributed by atoms with van der Waals surface area (Å²) in [6.45, 7) is 0. The molecule has 1 heterocycles. The molecule has 0 bridgehead atoms. The van der Waals surface area contributed by atoms with Crippen molar-refractivity contribution in [3.05, 3.63) is 206 Å². The number of hydrogen-bond acceptors (Lipinski definition) is 1. The summed E-state index contributed by atoms with van der Waals surface area (Å²) in [5.74, 6) is 0. The lowest BCUT2D eigenvalue weighted by Crippen LogP contribution is -2.11. The van der Waals surface area contributed by atoms with Crippen LogP contribution in [-0.4, -0.2) is 4.57 Å². The zero-order valence-corrected chi connectivity index (χ0v) is 28.5. The van der Waals surface area contributed by atoms with Crippen LogP contribution in [0.3, 0.4) is 0 Å². The molecule has 0 aliphatic carbocycles. The van der Waals surface area contributed by atoms with Crippen molar-refractivity contribution in [3.8, 4) is 27.9 Å². The third-order valence-corrected chi connectivity index (χ3v) is 10.3. The van der Waals surface area contributed by atoms with E-state index < -0.39 is 0 Å². The third-order valence-electron chi connectivity index (χ3n) is 10.3. The van der Waals surface area contributed by atoms with Crippen molar-refractivity contribution in [1.82, 2.24) is 4.57 Å². The maximum absolute atomic E-state index is 2.43. The van der Waals surface area contributed by atoms with E-state index in [0.29, 0.717) is 0 Å². The van der Waals surface area contributed by atoms with Crippen molar-refractivity contribution in [2.75, 3.05) is 4.90 Å². The summed E-state index contributed by atoms with van der Waals surface area (Å²) < 4.78 is 2.40. The fraction of sp³-hybridized carbons (Fsp3) is 0. The molecule has 0 aliphatic rings. The topological polar surface area (TPSA) is 8.17 Å². The van der Waals surface area contributed by atoms with Gasteiger partial charge in [0.1, 0.15) is 0 Å². The van der Waals surface area contributed by atoms with Crippen molar-refractivity contribution in [2.24, 2.45) is 0 Å². The van der Waals surface area contributed by atoms with Crippen LogP contribution in [0, 0.1) is 0 Å². The van der Waals surface area contributed by atoms with Crippen LogP contribution >= 0.6 is 0 Å². The first kappa shape index (κ1) is 30.0. The lowest BCUT2D eigenvalue weighted by atomic mass is 9.93. The van der Waals surface area contributed by atoms with Crippen molar-refractivity contribution < 1.29 is 0 Å². The highest BCUT2D eigenvalue weighted by atomic mass is 15.1. The summed E-state index contributed by atoms with van der Waals surface area (Å²) in [6.07, 6.45) is 0. The van der Waals surface area contributed by atoms with Crippen molar-refractivity contribution in [3.63, 3.8) is 0 Å². The van der Waals surface area contributed by atoms with Crippen LogP contribution in [0.4, 0.5) is 17.1 Å². The number of para-hydroxylation sites is 3. The van der Waals surface area contributed by atoms with Gasteiger partial charge in [0, 0.05) is 33.4 Å². The summed E-state index contributed by atoms with van der Waals surface area (Å²) in [7, 11) is 0. The molecule has 10 aromatic rings. The van der Waals surface area contributed by atoms with Crippen molar-refractivity contribution in [2.45, 2.75) is 0 Å². The molecule has 0 aliphatic heterocycles. The summed E-state index contributed by atoms with van der Waals surface area (Å²) in [5.41, 5.74) is 11.6. The Balaban J connectivity index is 1.24. The van der Waals surface area contributed by atoms with Crippen molar-refractivity contribution in [1.29, 1.82) is 0 Å². The zero-order chi connectivity index (χ0) is 34.4. The average molecular weight is 663 g/mol. The van der Waals surface area contributed by atoms with Gasteiger partial charge in [-0.3, -0.25) is 0 Å². The number of benzene rings is 9. The summed E-state index contributed by atoms with van der Waals surface area (Å²) in [6, 6.07) is 74.7. The molecule has 1 aromatic heterocycles. The first-order chi connectivity index (χ1) is 25.8. The van der Waals surface area contributed by atoms with Crippen LogP contribution < -0.4 is 4.90 Å². The van der Waals surface area contributed by atoms with E-state index >= 15 is 0 Å². The van der Waals surface area contributed by atoms with E-state index in [0.717, 1.165) is 22.7 Å².